The number of carbonyl (C=O) groups is 3. The predicted molar refractivity (Wildman–Crippen MR) is 173 cm³/mol. The Morgan fingerprint density at radius 2 is 1.52 bits per heavy atom. The highest BCUT2D eigenvalue weighted by molar-refractivity contribution is 5.86. The Kier molecular flexibility index (Phi) is 13.7. The zero-order chi connectivity index (χ0) is 32.2. The number of hydrogen-bond acceptors (Lipinski definition) is 5. The zero-order valence-corrected chi connectivity index (χ0v) is 27.9. The van der Waals surface area contributed by atoms with Gasteiger partial charge in [-0.2, -0.15) is 0 Å². The van der Waals surface area contributed by atoms with Gasteiger partial charge in [-0.3, -0.25) is 14.4 Å². The van der Waals surface area contributed by atoms with Gasteiger partial charge in [0.2, 0.25) is 11.8 Å². The summed E-state index contributed by atoms with van der Waals surface area (Å²) in [5, 5.41) is 16.4. The second-order valence-corrected chi connectivity index (χ2v) is 14.3. The van der Waals surface area contributed by atoms with Gasteiger partial charge in [0.05, 0.1) is 30.5 Å². The molecule has 0 radical (unpaired) electrons. The van der Waals surface area contributed by atoms with Gasteiger partial charge >= 0.3 is 5.97 Å². The number of hydrogen-bond donors (Lipinski definition) is 3. The molecule has 2 amide bonds. The van der Waals surface area contributed by atoms with Crippen LogP contribution in [0.3, 0.4) is 0 Å². The molecule has 2 aliphatic rings. The van der Waals surface area contributed by atoms with E-state index >= 15 is 0 Å². The molecule has 3 unspecified atom stereocenters. The van der Waals surface area contributed by atoms with Gasteiger partial charge in [0.1, 0.15) is 6.10 Å². The van der Waals surface area contributed by atoms with E-state index < -0.39 is 34.9 Å². The summed E-state index contributed by atoms with van der Waals surface area (Å²) < 4.78 is 11.9. The molecule has 1 aliphatic heterocycles. The van der Waals surface area contributed by atoms with E-state index in [1.807, 2.05) is 44.2 Å². The first kappa shape index (κ1) is 36.0. The number of carbonyl (C=O) groups excluding carboxylic acids is 2. The molecule has 8 heteroatoms. The summed E-state index contributed by atoms with van der Waals surface area (Å²) in [6.07, 6.45) is 13.1. The molecule has 1 heterocycles. The van der Waals surface area contributed by atoms with Gasteiger partial charge in [0.15, 0.2) is 5.79 Å². The minimum absolute atomic E-state index is 0.0885. The quantitative estimate of drug-likeness (QED) is 0.159. The summed E-state index contributed by atoms with van der Waals surface area (Å²) in [7, 11) is 0. The van der Waals surface area contributed by atoms with Crippen LogP contribution in [0.2, 0.25) is 0 Å². The highest BCUT2D eigenvalue weighted by Crippen LogP contribution is 2.37. The lowest BCUT2D eigenvalue weighted by Crippen LogP contribution is -2.66. The molecule has 0 bridgehead atoms. The molecule has 0 spiro atoms. The lowest BCUT2D eigenvalue weighted by atomic mass is 9.74. The highest BCUT2D eigenvalue weighted by atomic mass is 16.7. The Morgan fingerprint density at radius 1 is 0.909 bits per heavy atom. The summed E-state index contributed by atoms with van der Waals surface area (Å²) in [5.74, 6) is -2.74. The Labute approximate surface area is 265 Å². The maximum Gasteiger partial charge on any atom is 0.305 e. The maximum absolute atomic E-state index is 14.2. The molecule has 248 valence electrons. The lowest BCUT2D eigenvalue weighted by Gasteiger charge is -2.47. The molecule has 3 N–H and O–H groups in total. The summed E-state index contributed by atoms with van der Waals surface area (Å²) in [5.41, 5.74) is -0.497. The second kappa shape index (κ2) is 16.7. The molecular formula is C36H58N2O6. The fourth-order valence-electron chi connectivity index (χ4n) is 6.82. The van der Waals surface area contributed by atoms with Crippen LogP contribution in [0.5, 0.6) is 0 Å². The Bertz CT molecular complexity index is 1050. The van der Waals surface area contributed by atoms with Gasteiger partial charge in [-0.15, -0.1) is 0 Å². The average molecular weight is 615 g/mol. The molecule has 1 aromatic carbocycles. The van der Waals surface area contributed by atoms with E-state index in [0.29, 0.717) is 19.4 Å². The number of aliphatic carboxylic acids is 1. The molecule has 8 nitrogen and oxygen atoms in total. The first-order valence-corrected chi connectivity index (χ1v) is 17.1. The van der Waals surface area contributed by atoms with Crippen LogP contribution < -0.4 is 10.6 Å². The standard InChI is InChI=1S/C36H58N2O6/c1-6-7-8-9-10-11-12-17-22-28(27-20-15-13-16-21-27)32(41)38-36(23-18-14-19-24-36)29(25-30(39)40)37-33(42)31-34(2,3)26-43-35(4,5)44-31/h13,15-16,20-21,28-29,31H,6-12,14,17-19,22-26H2,1-5H3,(H,37,42)(H,38,41)(H,39,40). The first-order valence-electron chi connectivity index (χ1n) is 17.1. The number of carboxylic acids is 1. The van der Waals surface area contributed by atoms with Crippen LogP contribution in [0.4, 0.5) is 0 Å². The number of ether oxygens (including phenoxy) is 2. The fraction of sp³-hybridized carbons (Fsp3) is 0.750. The van der Waals surface area contributed by atoms with Crippen molar-refractivity contribution in [3.63, 3.8) is 0 Å². The number of benzene rings is 1. The van der Waals surface area contributed by atoms with Gasteiger partial charge in [-0.25, -0.2) is 0 Å². The van der Waals surface area contributed by atoms with Crippen LogP contribution in [0.15, 0.2) is 30.3 Å². The van der Waals surface area contributed by atoms with Crippen LogP contribution in [0.25, 0.3) is 0 Å². The molecule has 1 saturated heterocycles. The van der Waals surface area contributed by atoms with E-state index in [1.54, 1.807) is 13.8 Å². The number of unbranched alkanes of at least 4 members (excludes halogenated alkanes) is 7. The van der Waals surface area contributed by atoms with Crippen molar-refractivity contribution < 1.29 is 29.0 Å². The number of rotatable bonds is 17. The van der Waals surface area contributed by atoms with Crippen molar-refractivity contribution >= 4 is 17.8 Å². The minimum Gasteiger partial charge on any atom is -0.481 e. The first-order chi connectivity index (χ1) is 20.9. The summed E-state index contributed by atoms with van der Waals surface area (Å²) >= 11 is 0. The summed E-state index contributed by atoms with van der Waals surface area (Å²) in [6.45, 7) is 9.93. The number of amides is 2. The van der Waals surface area contributed by atoms with E-state index in [4.69, 9.17) is 9.47 Å². The van der Waals surface area contributed by atoms with Crippen molar-refractivity contribution in [2.75, 3.05) is 6.61 Å². The Balaban J connectivity index is 1.80. The third-order valence-corrected chi connectivity index (χ3v) is 9.49. The van der Waals surface area contributed by atoms with Crippen LogP contribution in [0, 0.1) is 5.41 Å². The van der Waals surface area contributed by atoms with Crippen molar-refractivity contribution in [3.8, 4) is 0 Å². The van der Waals surface area contributed by atoms with Gasteiger partial charge in [-0.05, 0) is 38.7 Å². The lowest BCUT2D eigenvalue weighted by molar-refractivity contribution is -0.304. The summed E-state index contributed by atoms with van der Waals surface area (Å²) in [6, 6.07) is 9.11. The maximum atomic E-state index is 14.2. The second-order valence-electron chi connectivity index (χ2n) is 14.3. The van der Waals surface area contributed by atoms with Gasteiger partial charge < -0.3 is 25.2 Å². The molecule has 2 fully saturated rings. The van der Waals surface area contributed by atoms with Crippen LogP contribution in [-0.2, 0) is 23.9 Å². The predicted octanol–water partition coefficient (Wildman–Crippen LogP) is 7.26. The molecule has 1 aliphatic carbocycles. The Morgan fingerprint density at radius 3 is 2.14 bits per heavy atom. The van der Waals surface area contributed by atoms with E-state index in [2.05, 4.69) is 17.6 Å². The molecule has 44 heavy (non-hydrogen) atoms. The topological polar surface area (TPSA) is 114 Å². The third kappa shape index (κ3) is 10.6. The van der Waals surface area contributed by atoms with Crippen molar-refractivity contribution in [2.24, 2.45) is 5.41 Å². The zero-order valence-electron chi connectivity index (χ0n) is 27.9. The molecule has 3 atom stereocenters. The van der Waals surface area contributed by atoms with E-state index in [9.17, 15) is 19.5 Å². The smallest absolute Gasteiger partial charge is 0.305 e. The monoisotopic (exact) mass is 614 g/mol. The van der Waals surface area contributed by atoms with E-state index in [1.165, 1.54) is 38.5 Å². The highest BCUT2D eigenvalue weighted by Gasteiger charge is 2.49. The molecule has 1 aromatic rings. The fourth-order valence-corrected chi connectivity index (χ4v) is 6.82. The number of nitrogens with one attached hydrogen (secondary N) is 2. The van der Waals surface area contributed by atoms with Gasteiger partial charge in [-0.1, -0.05) is 122 Å². The molecular weight excluding hydrogens is 556 g/mol. The summed E-state index contributed by atoms with van der Waals surface area (Å²) in [4.78, 5) is 40.2. The van der Waals surface area contributed by atoms with Crippen molar-refractivity contribution in [3.05, 3.63) is 35.9 Å². The van der Waals surface area contributed by atoms with E-state index in [0.717, 1.165) is 44.1 Å². The van der Waals surface area contributed by atoms with Crippen molar-refractivity contribution in [1.82, 2.24) is 10.6 Å². The van der Waals surface area contributed by atoms with E-state index in [-0.39, 0.29) is 24.2 Å². The normalized spacial score (nSPS) is 22.0. The van der Waals surface area contributed by atoms with Crippen LogP contribution in [-0.4, -0.2) is 53.0 Å². The number of carboxylic acid groups (broad SMARTS) is 1. The molecule has 1 saturated carbocycles. The SMILES string of the molecule is CCCCCCCCCCC(C(=O)NC1(C(CC(=O)O)NC(=O)C2OC(C)(C)OCC2(C)C)CCCCC1)c1ccccc1. The Hall–Kier alpha value is -2.45. The van der Waals surface area contributed by atoms with Crippen molar-refractivity contribution in [1.29, 1.82) is 0 Å². The minimum atomic E-state index is -1.01. The largest absolute Gasteiger partial charge is 0.481 e. The third-order valence-electron chi connectivity index (χ3n) is 9.49. The van der Waals surface area contributed by atoms with Gasteiger partial charge in [0.25, 0.3) is 0 Å². The van der Waals surface area contributed by atoms with Crippen molar-refractivity contribution in [2.45, 2.75) is 160 Å². The van der Waals surface area contributed by atoms with Gasteiger partial charge in [0, 0.05) is 5.41 Å². The van der Waals surface area contributed by atoms with Crippen LogP contribution in [0.1, 0.15) is 142 Å². The molecule has 3 rings (SSSR count). The average Bonchev–Trinajstić information content (AvgIpc) is 2.98. The molecule has 0 aromatic heterocycles. The van der Waals surface area contributed by atoms with Crippen LogP contribution >= 0.6 is 0 Å².